The van der Waals surface area contributed by atoms with Crippen molar-refractivity contribution in [1.29, 1.82) is 0 Å². The Bertz CT molecular complexity index is 913. The van der Waals surface area contributed by atoms with Gasteiger partial charge in [-0.2, -0.15) is 0 Å². The molecular weight excluding hydrogens is 450 g/mol. The molecule has 3 saturated carbocycles. The summed E-state index contributed by atoms with van der Waals surface area (Å²) in [5.41, 5.74) is -2.27. The molecule has 3 N–H and O–H groups in total. The third kappa shape index (κ3) is 3.92. The molecular formula is C27H41NO7. The summed E-state index contributed by atoms with van der Waals surface area (Å²) in [4.78, 5) is 40.1. The van der Waals surface area contributed by atoms with Gasteiger partial charge in [-0.05, 0) is 63.1 Å². The Morgan fingerprint density at radius 1 is 1.20 bits per heavy atom. The van der Waals surface area contributed by atoms with Crippen LogP contribution in [0.3, 0.4) is 0 Å². The van der Waals surface area contributed by atoms with Gasteiger partial charge in [-0.3, -0.25) is 19.3 Å². The van der Waals surface area contributed by atoms with Gasteiger partial charge < -0.3 is 20.1 Å². The van der Waals surface area contributed by atoms with Gasteiger partial charge in [-0.1, -0.05) is 33.3 Å². The molecule has 8 nitrogen and oxygen atoms in total. The number of ketones is 2. The minimum Gasteiger partial charge on any atom is -0.460 e. The fourth-order valence-corrected chi connectivity index (χ4v) is 8.29. The molecule has 3 fully saturated rings. The number of nitrogens with zero attached hydrogens (tertiary/aromatic N) is 1. The van der Waals surface area contributed by atoms with Crippen LogP contribution in [0.5, 0.6) is 0 Å². The molecule has 8 atom stereocenters. The largest absolute Gasteiger partial charge is 0.460 e. The Morgan fingerprint density at radius 2 is 1.89 bits per heavy atom. The van der Waals surface area contributed by atoms with Crippen molar-refractivity contribution < 1.29 is 34.4 Å². The van der Waals surface area contributed by atoms with Crippen molar-refractivity contribution in [3.05, 3.63) is 11.6 Å². The first kappa shape index (κ1) is 26.5. The highest BCUT2D eigenvalue weighted by Gasteiger charge is 2.69. The molecule has 196 valence electrons. The van der Waals surface area contributed by atoms with E-state index in [4.69, 9.17) is 4.74 Å². The highest BCUT2D eigenvalue weighted by Crippen LogP contribution is 2.67. The van der Waals surface area contributed by atoms with E-state index in [0.29, 0.717) is 12.8 Å². The number of fused-ring (bicyclic) bond motifs is 5. The van der Waals surface area contributed by atoms with Gasteiger partial charge in [-0.15, -0.1) is 0 Å². The lowest BCUT2D eigenvalue weighted by atomic mass is 9.44. The number of ether oxygens (including phenoxy) is 1. The van der Waals surface area contributed by atoms with Crippen LogP contribution in [0, 0.1) is 28.6 Å². The second-order valence-electron chi connectivity index (χ2n) is 11.6. The summed E-state index contributed by atoms with van der Waals surface area (Å²) in [7, 11) is 0. The van der Waals surface area contributed by atoms with E-state index in [-0.39, 0.29) is 55.3 Å². The second kappa shape index (κ2) is 9.36. The molecule has 1 unspecified atom stereocenters. The molecule has 0 bridgehead atoms. The fraction of sp³-hybridized carbons (Fsp3) is 0.815. The van der Waals surface area contributed by atoms with Gasteiger partial charge in [0.15, 0.2) is 11.6 Å². The maximum Gasteiger partial charge on any atom is 0.320 e. The number of aliphatic hydroxyl groups is 3. The summed E-state index contributed by atoms with van der Waals surface area (Å²) in [6.07, 6.45) is 2.78. The average Bonchev–Trinajstić information content (AvgIpc) is 3.08. The van der Waals surface area contributed by atoms with Gasteiger partial charge in [0.1, 0.15) is 18.3 Å². The van der Waals surface area contributed by atoms with Crippen LogP contribution in [0.1, 0.15) is 66.2 Å². The Balaban J connectivity index is 1.67. The van der Waals surface area contributed by atoms with Crippen LogP contribution in [0.15, 0.2) is 11.6 Å². The van der Waals surface area contributed by atoms with Crippen molar-refractivity contribution in [3.63, 3.8) is 0 Å². The summed E-state index contributed by atoms with van der Waals surface area (Å²) in [6, 6.07) is 0. The molecule has 4 rings (SSSR count). The van der Waals surface area contributed by atoms with Gasteiger partial charge in [-0.25, -0.2) is 0 Å². The molecule has 0 aromatic heterocycles. The maximum absolute atomic E-state index is 12.9. The van der Waals surface area contributed by atoms with Crippen molar-refractivity contribution in [2.75, 3.05) is 26.2 Å². The first-order valence-corrected chi connectivity index (χ1v) is 13.2. The fourth-order valence-electron chi connectivity index (χ4n) is 8.29. The monoisotopic (exact) mass is 491 g/mol. The average molecular weight is 492 g/mol. The number of hydrogen-bond acceptors (Lipinski definition) is 8. The van der Waals surface area contributed by atoms with Crippen molar-refractivity contribution in [3.8, 4) is 0 Å². The Morgan fingerprint density at radius 3 is 2.51 bits per heavy atom. The number of hydrogen-bond donors (Lipinski definition) is 3. The summed E-state index contributed by atoms with van der Waals surface area (Å²) >= 11 is 0. The smallest absolute Gasteiger partial charge is 0.320 e. The summed E-state index contributed by atoms with van der Waals surface area (Å²) in [5, 5.41) is 32.5. The molecule has 0 heterocycles. The molecule has 0 radical (unpaired) electrons. The van der Waals surface area contributed by atoms with Gasteiger partial charge in [0.05, 0.1) is 12.6 Å². The van der Waals surface area contributed by atoms with Crippen LogP contribution in [-0.4, -0.2) is 81.8 Å². The lowest BCUT2D eigenvalue weighted by Crippen LogP contribution is -2.64. The van der Waals surface area contributed by atoms with E-state index in [2.05, 4.69) is 0 Å². The minimum absolute atomic E-state index is 0.00334. The van der Waals surface area contributed by atoms with E-state index in [9.17, 15) is 29.7 Å². The number of carbonyl (C=O) groups excluding carboxylic acids is 3. The molecule has 0 spiro atoms. The summed E-state index contributed by atoms with van der Waals surface area (Å²) < 4.78 is 6.01. The minimum atomic E-state index is -1.66. The Hall–Kier alpha value is -1.61. The van der Waals surface area contributed by atoms with Crippen LogP contribution in [0.25, 0.3) is 0 Å². The highest BCUT2D eigenvalue weighted by atomic mass is 16.5. The zero-order valence-corrected chi connectivity index (χ0v) is 21.5. The van der Waals surface area contributed by atoms with E-state index in [0.717, 1.165) is 25.1 Å². The lowest BCUT2D eigenvalue weighted by Gasteiger charge is -2.61. The number of rotatable bonds is 7. The number of carbonyl (C=O) groups is 3. The standard InChI is InChI=1S/C27H41NO7/c1-5-28(6-2)14-23(33)35-22-12-17(30)11-16-7-8-18-19-9-10-27(34,21(32)15-29)25(19,3)13-20(31)24(18)26(16,22)4/h11,18-20,22,24,29,31,34H,5-10,12-15H2,1-4H3/t18-,19-,20-,22?,24+,25-,26+,27-/m1/s1. The van der Waals surface area contributed by atoms with Gasteiger partial charge in [0, 0.05) is 23.2 Å². The van der Waals surface area contributed by atoms with Crippen molar-refractivity contribution >= 4 is 17.5 Å². The van der Waals surface area contributed by atoms with E-state index < -0.39 is 41.0 Å². The molecule has 0 aromatic carbocycles. The van der Waals surface area contributed by atoms with Crippen LogP contribution in [0.4, 0.5) is 0 Å². The van der Waals surface area contributed by atoms with Crippen LogP contribution < -0.4 is 0 Å². The van der Waals surface area contributed by atoms with E-state index in [1.807, 2.05) is 32.6 Å². The SMILES string of the molecule is CCN(CC)CC(=O)OC1CC(=O)C=C2CC[C@H]3[C@@H]([C@H](O)C[C@]4(C)[C@@H]3CC[C@@]4(O)C(=O)CO)[C@@]21C. The van der Waals surface area contributed by atoms with Gasteiger partial charge in [0.2, 0.25) is 0 Å². The molecule has 0 amide bonds. The second-order valence-corrected chi connectivity index (χ2v) is 11.6. The number of likely N-dealkylation sites (N-methyl/N-ethyl adjacent to an activating group) is 1. The maximum atomic E-state index is 12.9. The number of Topliss-reactive ketones (excluding diaryl/α,β-unsaturated/α-hetero) is 1. The molecule has 8 heteroatoms. The number of aliphatic hydroxyl groups excluding tert-OH is 2. The number of esters is 1. The molecule has 0 aromatic rings. The van der Waals surface area contributed by atoms with Crippen molar-refractivity contribution in [2.24, 2.45) is 28.6 Å². The van der Waals surface area contributed by atoms with Crippen molar-refractivity contribution in [1.82, 2.24) is 4.90 Å². The summed E-state index contributed by atoms with van der Waals surface area (Å²) in [6.45, 7) is 8.72. The molecule has 35 heavy (non-hydrogen) atoms. The van der Waals surface area contributed by atoms with E-state index in [1.165, 1.54) is 0 Å². The predicted molar refractivity (Wildman–Crippen MR) is 128 cm³/mol. The summed E-state index contributed by atoms with van der Waals surface area (Å²) in [5.74, 6) is -1.28. The first-order chi connectivity index (χ1) is 16.5. The van der Waals surface area contributed by atoms with Crippen molar-refractivity contribution in [2.45, 2.75) is 84.0 Å². The topological polar surface area (TPSA) is 124 Å². The predicted octanol–water partition coefficient (Wildman–Crippen LogP) is 1.65. The normalized spacial score (nSPS) is 42.7. The van der Waals surface area contributed by atoms with Gasteiger partial charge >= 0.3 is 5.97 Å². The third-order valence-corrected chi connectivity index (χ3v) is 10.3. The third-order valence-electron chi connectivity index (χ3n) is 10.3. The Labute approximate surface area is 207 Å². The highest BCUT2D eigenvalue weighted by molar-refractivity contribution is 5.93. The molecule has 0 aliphatic heterocycles. The van der Waals surface area contributed by atoms with E-state index in [1.54, 1.807) is 6.08 Å². The molecule has 4 aliphatic rings. The molecule has 0 saturated heterocycles. The first-order valence-electron chi connectivity index (χ1n) is 13.2. The van der Waals surface area contributed by atoms with E-state index >= 15 is 0 Å². The van der Waals surface area contributed by atoms with Gasteiger partial charge in [0.25, 0.3) is 0 Å². The molecule has 4 aliphatic carbocycles. The van der Waals surface area contributed by atoms with Crippen LogP contribution >= 0.6 is 0 Å². The zero-order chi connectivity index (χ0) is 25.8. The lowest BCUT2D eigenvalue weighted by molar-refractivity contribution is -0.197. The zero-order valence-electron chi connectivity index (χ0n) is 21.5. The van der Waals surface area contributed by atoms with Crippen LogP contribution in [-0.2, 0) is 19.1 Å². The van der Waals surface area contributed by atoms with Crippen LogP contribution in [0.2, 0.25) is 0 Å². The Kier molecular flexibility index (Phi) is 7.07. The quantitative estimate of drug-likeness (QED) is 0.459.